The molecule has 3 rings (SSSR count). The number of carbonyl (C=O) groups excluding carboxylic acids is 1. The van der Waals surface area contributed by atoms with Gasteiger partial charge in [-0.2, -0.15) is 0 Å². The molecule has 0 aliphatic carbocycles. The number of pyridine rings is 2. The molecular formula is C18H15N3O2. The van der Waals surface area contributed by atoms with Crippen molar-refractivity contribution in [2.75, 3.05) is 5.32 Å². The molecule has 5 nitrogen and oxygen atoms in total. The number of carbonyl (C=O) groups is 1. The van der Waals surface area contributed by atoms with Crippen molar-refractivity contribution < 1.29 is 9.53 Å². The van der Waals surface area contributed by atoms with E-state index in [1.165, 1.54) is 6.20 Å². The SMILES string of the molecule is Cc1cccc(NC(=O)c2cc(Oc3cccnc3)ccn2)c1. The predicted octanol–water partition coefficient (Wildman–Crippen LogP) is 3.83. The molecule has 0 aliphatic heterocycles. The Morgan fingerprint density at radius 3 is 2.74 bits per heavy atom. The van der Waals surface area contributed by atoms with Gasteiger partial charge < -0.3 is 10.1 Å². The van der Waals surface area contributed by atoms with Gasteiger partial charge in [0.2, 0.25) is 0 Å². The summed E-state index contributed by atoms with van der Waals surface area (Å²) >= 11 is 0. The lowest BCUT2D eigenvalue weighted by atomic mass is 10.2. The molecule has 1 N–H and O–H groups in total. The van der Waals surface area contributed by atoms with E-state index in [-0.39, 0.29) is 11.6 Å². The van der Waals surface area contributed by atoms with Gasteiger partial charge in [-0.25, -0.2) is 0 Å². The number of hydrogen-bond donors (Lipinski definition) is 1. The number of benzene rings is 1. The van der Waals surface area contributed by atoms with Crippen LogP contribution in [0.15, 0.2) is 67.1 Å². The maximum Gasteiger partial charge on any atom is 0.274 e. The Morgan fingerprint density at radius 1 is 1.04 bits per heavy atom. The van der Waals surface area contributed by atoms with Gasteiger partial charge in [0, 0.05) is 24.1 Å². The topological polar surface area (TPSA) is 64.1 Å². The molecule has 0 bridgehead atoms. The zero-order valence-electron chi connectivity index (χ0n) is 12.6. The second-order valence-corrected chi connectivity index (χ2v) is 4.99. The van der Waals surface area contributed by atoms with E-state index in [2.05, 4.69) is 15.3 Å². The summed E-state index contributed by atoms with van der Waals surface area (Å²) in [6.45, 7) is 1.97. The lowest BCUT2D eigenvalue weighted by Gasteiger charge is -2.08. The second kappa shape index (κ2) is 6.70. The van der Waals surface area contributed by atoms with Crippen LogP contribution in [-0.2, 0) is 0 Å². The first-order valence-corrected chi connectivity index (χ1v) is 7.13. The number of aromatic nitrogens is 2. The fraction of sp³-hybridized carbons (Fsp3) is 0.0556. The fourth-order valence-corrected chi connectivity index (χ4v) is 2.06. The summed E-state index contributed by atoms with van der Waals surface area (Å²) in [6.07, 6.45) is 4.81. The normalized spacial score (nSPS) is 10.1. The highest BCUT2D eigenvalue weighted by Gasteiger charge is 2.09. The minimum atomic E-state index is -0.285. The summed E-state index contributed by atoms with van der Waals surface area (Å²) in [5.74, 6) is 0.846. The molecule has 3 aromatic rings. The minimum absolute atomic E-state index is 0.285. The summed E-state index contributed by atoms with van der Waals surface area (Å²) < 4.78 is 5.66. The van der Waals surface area contributed by atoms with Crippen LogP contribution in [0.2, 0.25) is 0 Å². The standard InChI is InChI=1S/C18H15N3O2/c1-13-4-2-5-14(10-13)21-18(22)17-11-15(7-9-20-17)23-16-6-3-8-19-12-16/h2-12H,1H3,(H,21,22). The summed E-state index contributed by atoms with van der Waals surface area (Å²) in [4.78, 5) is 20.4. The van der Waals surface area contributed by atoms with Crippen LogP contribution >= 0.6 is 0 Å². The molecule has 1 aromatic carbocycles. The van der Waals surface area contributed by atoms with E-state index < -0.39 is 0 Å². The van der Waals surface area contributed by atoms with Crippen molar-refractivity contribution in [3.63, 3.8) is 0 Å². The first-order chi connectivity index (χ1) is 11.2. The van der Waals surface area contributed by atoms with Crippen molar-refractivity contribution in [1.29, 1.82) is 0 Å². The summed E-state index contributed by atoms with van der Waals surface area (Å²) in [5, 5.41) is 2.82. The smallest absolute Gasteiger partial charge is 0.274 e. The highest BCUT2D eigenvalue weighted by atomic mass is 16.5. The molecule has 0 fully saturated rings. The number of amides is 1. The fourth-order valence-electron chi connectivity index (χ4n) is 2.06. The van der Waals surface area contributed by atoms with E-state index in [9.17, 15) is 4.79 Å². The molecule has 2 aromatic heterocycles. The van der Waals surface area contributed by atoms with Crippen LogP contribution in [0.5, 0.6) is 11.5 Å². The number of hydrogen-bond acceptors (Lipinski definition) is 4. The Labute approximate surface area is 134 Å². The number of nitrogens with one attached hydrogen (secondary N) is 1. The van der Waals surface area contributed by atoms with Crippen LogP contribution in [0.4, 0.5) is 5.69 Å². The third kappa shape index (κ3) is 3.91. The second-order valence-electron chi connectivity index (χ2n) is 4.99. The molecule has 1 amide bonds. The number of rotatable bonds is 4. The monoisotopic (exact) mass is 305 g/mol. The zero-order valence-corrected chi connectivity index (χ0v) is 12.6. The third-order valence-corrected chi connectivity index (χ3v) is 3.11. The number of nitrogens with zero attached hydrogens (tertiary/aromatic N) is 2. The first-order valence-electron chi connectivity index (χ1n) is 7.13. The van der Waals surface area contributed by atoms with Crippen molar-refractivity contribution in [3.8, 4) is 11.5 Å². The van der Waals surface area contributed by atoms with Crippen LogP contribution in [0, 0.1) is 6.92 Å². The Balaban J connectivity index is 1.75. The largest absolute Gasteiger partial charge is 0.456 e. The molecule has 114 valence electrons. The van der Waals surface area contributed by atoms with Crippen LogP contribution in [0.25, 0.3) is 0 Å². The molecule has 0 radical (unpaired) electrons. The molecule has 0 saturated heterocycles. The summed E-state index contributed by atoms with van der Waals surface area (Å²) in [5.41, 5.74) is 2.09. The van der Waals surface area contributed by atoms with Crippen LogP contribution in [-0.4, -0.2) is 15.9 Å². The highest BCUT2D eigenvalue weighted by molar-refractivity contribution is 6.03. The Hall–Kier alpha value is -3.21. The zero-order chi connectivity index (χ0) is 16.1. The maximum atomic E-state index is 12.3. The highest BCUT2D eigenvalue weighted by Crippen LogP contribution is 2.20. The number of anilines is 1. The van der Waals surface area contributed by atoms with Crippen molar-refractivity contribution in [3.05, 3.63) is 78.4 Å². The quantitative estimate of drug-likeness (QED) is 0.795. The molecule has 5 heteroatoms. The summed E-state index contributed by atoms with van der Waals surface area (Å²) in [7, 11) is 0. The predicted molar refractivity (Wildman–Crippen MR) is 87.7 cm³/mol. The van der Waals surface area contributed by atoms with Gasteiger partial charge in [-0.15, -0.1) is 0 Å². The van der Waals surface area contributed by atoms with Crippen LogP contribution in [0.1, 0.15) is 16.1 Å². The first kappa shape index (κ1) is 14.7. The molecule has 23 heavy (non-hydrogen) atoms. The van der Waals surface area contributed by atoms with Gasteiger partial charge >= 0.3 is 0 Å². The van der Waals surface area contributed by atoms with Gasteiger partial charge in [-0.3, -0.25) is 14.8 Å². The van der Waals surface area contributed by atoms with Crippen molar-refractivity contribution >= 4 is 11.6 Å². The Bertz CT molecular complexity index is 819. The van der Waals surface area contributed by atoms with E-state index in [1.807, 2.05) is 31.2 Å². The maximum absolute atomic E-state index is 12.3. The van der Waals surface area contributed by atoms with E-state index >= 15 is 0 Å². The average Bonchev–Trinajstić information content (AvgIpc) is 2.56. The molecule has 0 saturated carbocycles. The number of aryl methyl sites for hydroxylation is 1. The van der Waals surface area contributed by atoms with Gasteiger partial charge in [0.25, 0.3) is 5.91 Å². The van der Waals surface area contributed by atoms with Crippen molar-refractivity contribution in [2.24, 2.45) is 0 Å². The van der Waals surface area contributed by atoms with E-state index in [0.29, 0.717) is 11.5 Å². The van der Waals surface area contributed by atoms with E-state index in [4.69, 9.17) is 4.74 Å². The van der Waals surface area contributed by atoms with Gasteiger partial charge in [0.05, 0.1) is 6.20 Å². The van der Waals surface area contributed by atoms with Crippen molar-refractivity contribution in [2.45, 2.75) is 6.92 Å². The number of ether oxygens (including phenoxy) is 1. The molecule has 0 atom stereocenters. The van der Waals surface area contributed by atoms with Gasteiger partial charge in [-0.1, -0.05) is 12.1 Å². The average molecular weight is 305 g/mol. The minimum Gasteiger partial charge on any atom is -0.456 e. The molecule has 0 aliphatic rings. The van der Waals surface area contributed by atoms with Crippen LogP contribution < -0.4 is 10.1 Å². The Kier molecular flexibility index (Phi) is 4.29. The van der Waals surface area contributed by atoms with Gasteiger partial charge in [0.1, 0.15) is 17.2 Å². The van der Waals surface area contributed by atoms with Gasteiger partial charge in [0.15, 0.2) is 0 Å². The van der Waals surface area contributed by atoms with Gasteiger partial charge in [-0.05, 0) is 42.8 Å². The molecule has 0 unspecified atom stereocenters. The Morgan fingerprint density at radius 2 is 1.96 bits per heavy atom. The third-order valence-electron chi connectivity index (χ3n) is 3.11. The molecular weight excluding hydrogens is 290 g/mol. The molecule has 0 spiro atoms. The summed E-state index contributed by atoms with van der Waals surface area (Å²) in [6, 6.07) is 14.4. The van der Waals surface area contributed by atoms with Crippen molar-refractivity contribution in [1.82, 2.24) is 9.97 Å². The molecule has 2 heterocycles. The lowest BCUT2D eigenvalue weighted by Crippen LogP contribution is -2.13. The van der Waals surface area contributed by atoms with E-state index in [1.54, 1.807) is 36.7 Å². The van der Waals surface area contributed by atoms with E-state index in [0.717, 1.165) is 11.3 Å². The lowest BCUT2D eigenvalue weighted by molar-refractivity contribution is 0.102. The van der Waals surface area contributed by atoms with Crippen LogP contribution in [0.3, 0.4) is 0 Å².